The quantitative estimate of drug-likeness (QED) is 0.602. The Morgan fingerprint density at radius 1 is 1.12 bits per heavy atom. The van der Waals surface area contributed by atoms with E-state index in [0.29, 0.717) is 12.0 Å². The van der Waals surface area contributed by atoms with Crippen LogP contribution in [-0.2, 0) is 17.6 Å². The number of nitrogens with one attached hydrogen (secondary N) is 1. The summed E-state index contributed by atoms with van der Waals surface area (Å²) in [5.41, 5.74) is 1.68. The number of benzene rings is 2. The maximum absolute atomic E-state index is 12.0. The molecule has 1 amide bonds. The molecule has 0 spiro atoms. The number of nitro benzene ring substituents is 1. The van der Waals surface area contributed by atoms with E-state index in [-0.39, 0.29) is 18.0 Å². The Balaban J connectivity index is 1.85. The van der Waals surface area contributed by atoms with Crippen LogP contribution in [0.4, 0.5) is 5.69 Å². The van der Waals surface area contributed by atoms with Crippen LogP contribution in [0.3, 0.4) is 0 Å². The molecular formula is C18H20N2O4. The number of aliphatic hydroxyl groups is 1. The normalized spacial score (nSPS) is 13.1. The SMILES string of the molecule is CC(NC(=O)Cc1ccc([N+](=O)[O-])cc1)C(O)Cc1ccccc1. The zero-order valence-corrected chi connectivity index (χ0v) is 13.4. The number of carbonyl (C=O) groups is 1. The second-order valence-corrected chi connectivity index (χ2v) is 5.71. The van der Waals surface area contributed by atoms with Crippen LogP contribution in [0, 0.1) is 10.1 Å². The fraction of sp³-hybridized carbons (Fsp3) is 0.278. The van der Waals surface area contributed by atoms with Gasteiger partial charge in [-0.15, -0.1) is 0 Å². The predicted molar refractivity (Wildman–Crippen MR) is 90.6 cm³/mol. The van der Waals surface area contributed by atoms with E-state index >= 15 is 0 Å². The second kappa shape index (κ2) is 8.21. The molecule has 2 aromatic rings. The average molecular weight is 328 g/mol. The Hall–Kier alpha value is -2.73. The van der Waals surface area contributed by atoms with Crippen LogP contribution < -0.4 is 5.32 Å². The summed E-state index contributed by atoms with van der Waals surface area (Å²) in [7, 11) is 0. The van der Waals surface area contributed by atoms with Crippen LogP contribution in [0.25, 0.3) is 0 Å². The topological polar surface area (TPSA) is 92.5 Å². The third-order valence-electron chi connectivity index (χ3n) is 3.77. The summed E-state index contributed by atoms with van der Waals surface area (Å²) in [4.78, 5) is 22.2. The molecular weight excluding hydrogens is 308 g/mol. The molecule has 0 saturated carbocycles. The molecule has 0 aliphatic rings. The first-order chi connectivity index (χ1) is 11.5. The summed E-state index contributed by atoms with van der Waals surface area (Å²) in [5.74, 6) is -0.233. The largest absolute Gasteiger partial charge is 0.391 e. The van der Waals surface area contributed by atoms with E-state index in [1.165, 1.54) is 12.1 Å². The number of hydrogen-bond donors (Lipinski definition) is 2. The number of aliphatic hydroxyl groups excluding tert-OH is 1. The average Bonchev–Trinajstić information content (AvgIpc) is 2.56. The molecule has 6 heteroatoms. The molecule has 6 nitrogen and oxygen atoms in total. The third kappa shape index (κ3) is 5.17. The molecule has 0 fully saturated rings. The molecule has 0 bridgehead atoms. The van der Waals surface area contributed by atoms with Crippen molar-refractivity contribution < 1.29 is 14.8 Å². The lowest BCUT2D eigenvalue weighted by atomic mass is 10.0. The van der Waals surface area contributed by atoms with Crippen molar-refractivity contribution in [2.24, 2.45) is 0 Å². The first-order valence-electron chi connectivity index (χ1n) is 7.70. The van der Waals surface area contributed by atoms with Gasteiger partial charge < -0.3 is 10.4 Å². The van der Waals surface area contributed by atoms with E-state index in [1.54, 1.807) is 19.1 Å². The van der Waals surface area contributed by atoms with Crippen LogP contribution >= 0.6 is 0 Å². The summed E-state index contributed by atoms with van der Waals surface area (Å²) in [6.45, 7) is 1.75. The Bertz CT molecular complexity index is 686. The summed E-state index contributed by atoms with van der Waals surface area (Å²) in [5, 5.41) is 23.6. The lowest BCUT2D eigenvalue weighted by Gasteiger charge is -2.20. The fourth-order valence-corrected chi connectivity index (χ4v) is 2.35. The van der Waals surface area contributed by atoms with Crippen LogP contribution in [0.5, 0.6) is 0 Å². The molecule has 0 aliphatic heterocycles. The van der Waals surface area contributed by atoms with Crippen molar-refractivity contribution in [3.63, 3.8) is 0 Å². The van der Waals surface area contributed by atoms with Crippen molar-refractivity contribution in [3.8, 4) is 0 Å². The Labute approximate surface area is 140 Å². The molecule has 0 aliphatic carbocycles. The second-order valence-electron chi connectivity index (χ2n) is 5.71. The van der Waals surface area contributed by atoms with E-state index in [0.717, 1.165) is 5.56 Å². The molecule has 0 heterocycles. The molecule has 0 radical (unpaired) electrons. The number of non-ortho nitro benzene ring substituents is 1. The molecule has 0 aromatic heterocycles. The number of carbonyl (C=O) groups excluding carboxylic acids is 1. The summed E-state index contributed by atoms with van der Waals surface area (Å²) in [6, 6.07) is 15.0. The highest BCUT2D eigenvalue weighted by atomic mass is 16.6. The smallest absolute Gasteiger partial charge is 0.269 e. The van der Waals surface area contributed by atoms with Gasteiger partial charge in [-0.2, -0.15) is 0 Å². The van der Waals surface area contributed by atoms with Crippen molar-refractivity contribution in [1.82, 2.24) is 5.32 Å². The van der Waals surface area contributed by atoms with Crippen LogP contribution in [0.15, 0.2) is 54.6 Å². The van der Waals surface area contributed by atoms with Crippen molar-refractivity contribution in [1.29, 1.82) is 0 Å². The van der Waals surface area contributed by atoms with Gasteiger partial charge in [0.2, 0.25) is 5.91 Å². The van der Waals surface area contributed by atoms with Gasteiger partial charge in [-0.05, 0) is 18.1 Å². The van der Waals surface area contributed by atoms with Crippen LogP contribution in [-0.4, -0.2) is 28.1 Å². The summed E-state index contributed by atoms with van der Waals surface area (Å²) in [6.07, 6.45) is -0.117. The molecule has 2 rings (SSSR count). The van der Waals surface area contributed by atoms with E-state index in [9.17, 15) is 20.0 Å². The van der Waals surface area contributed by atoms with Gasteiger partial charge in [0.25, 0.3) is 5.69 Å². The van der Waals surface area contributed by atoms with Crippen molar-refractivity contribution in [2.75, 3.05) is 0 Å². The van der Waals surface area contributed by atoms with Gasteiger partial charge in [-0.1, -0.05) is 42.5 Å². The Morgan fingerprint density at radius 2 is 1.75 bits per heavy atom. The lowest BCUT2D eigenvalue weighted by Crippen LogP contribution is -2.42. The van der Waals surface area contributed by atoms with E-state index in [2.05, 4.69) is 5.32 Å². The fourth-order valence-electron chi connectivity index (χ4n) is 2.35. The zero-order chi connectivity index (χ0) is 17.5. The number of amides is 1. The standard InChI is InChI=1S/C18H20N2O4/c1-13(17(21)11-14-5-3-2-4-6-14)19-18(22)12-15-7-9-16(10-8-15)20(23)24/h2-10,13,17,21H,11-12H2,1H3,(H,19,22). The maximum Gasteiger partial charge on any atom is 0.269 e. The summed E-state index contributed by atoms with van der Waals surface area (Å²) < 4.78 is 0. The highest BCUT2D eigenvalue weighted by Crippen LogP contribution is 2.12. The Morgan fingerprint density at radius 3 is 2.33 bits per heavy atom. The van der Waals surface area contributed by atoms with Gasteiger partial charge in [0.15, 0.2) is 0 Å². The molecule has 24 heavy (non-hydrogen) atoms. The molecule has 2 N–H and O–H groups in total. The molecule has 2 unspecified atom stereocenters. The third-order valence-corrected chi connectivity index (χ3v) is 3.77. The zero-order valence-electron chi connectivity index (χ0n) is 13.4. The minimum Gasteiger partial charge on any atom is -0.391 e. The highest BCUT2D eigenvalue weighted by molar-refractivity contribution is 5.79. The van der Waals surface area contributed by atoms with Gasteiger partial charge in [-0.25, -0.2) is 0 Å². The number of nitro groups is 1. The number of rotatable bonds is 7. The highest BCUT2D eigenvalue weighted by Gasteiger charge is 2.17. The minimum atomic E-state index is -0.687. The van der Waals surface area contributed by atoms with Gasteiger partial charge in [0.05, 0.1) is 23.5 Å². The van der Waals surface area contributed by atoms with E-state index < -0.39 is 17.1 Å². The molecule has 0 saturated heterocycles. The van der Waals surface area contributed by atoms with Gasteiger partial charge in [-0.3, -0.25) is 14.9 Å². The number of hydrogen-bond acceptors (Lipinski definition) is 4. The maximum atomic E-state index is 12.0. The molecule has 126 valence electrons. The van der Waals surface area contributed by atoms with Crippen LogP contribution in [0.1, 0.15) is 18.1 Å². The van der Waals surface area contributed by atoms with Gasteiger partial charge in [0.1, 0.15) is 0 Å². The van der Waals surface area contributed by atoms with Crippen molar-refractivity contribution in [3.05, 3.63) is 75.8 Å². The first kappa shape index (κ1) is 17.6. The minimum absolute atomic E-state index is 0.00851. The van der Waals surface area contributed by atoms with Crippen molar-refractivity contribution in [2.45, 2.75) is 31.9 Å². The molecule has 2 aromatic carbocycles. The molecule has 2 atom stereocenters. The summed E-state index contributed by atoms with van der Waals surface area (Å²) >= 11 is 0. The van der Waals surface area contributed by atoms with Crippen molar-refractivity contribution >= 4 is 11.6 Å². The monoisotopic (exact) mass is 328 g/mol. The Kier molecular flexibility index (Phi) is 6.03. The van der Waals surface area contributed by atoms with Gasteiger partial charge in [0, 0.05) is 18.6 Å². The lowest BCUT2D eigenvalue weighted by molar-refractivity contribution is -0.384. The first-order valence-corrected chi connectivity index (χ1v) is 7.70. The number of nitrogens with zero attached hydrogens (tertiary/aromatic N) is 1. The van der Waals surface area contributed by atoms with E-state index in [4.69, 9.17) is 0 Å². The van der Waals surface area contributed by atoms with Gasteiger partial charge >= 0.3 is 0 Å². The van der Waals surface area contributed by atoms with Crippen LogP contribution in [0.2, 0.25) is 0 Å². The predicted octanol–water partition coefficient (Wildman–Crippen LogP) is 2.25. The van der Waals surface area contributed by atoms with E-state index in [1.807, 2.05) is 30.3 Å².